The third-order valence-electron chi connectivity index (χ3n) is 3.65. The van der Waals surface area contributed by atoms with Gasteiger partial charge in [-0.3, -0.25) is 9.89 Å². The van der Waals surface area contributed by atoms with E-state index >= 15 is 0 Å². The Hall–Kier alpha value is -1.39. The molecule has 1 aromatic rings. The van der Waals surface area contributed by atoms with Crippen molar-refractivity contribution in [2.75, 3.05) is 13.1 Å². The van der Waals surface area contributed by atoms with E-state index in [1.165, 1.54) is 6.42 Å². The molecule has 0 aliphatic carbocycles. The molecule has 0 spiro atoms. The van der Waals surface area contributed by atoms with Gasteiger partial charge in [0.2, 0.25) is 5.91 Å². The Morgan fingerprint density at radius 2 is 2.32 bits per heavy atom. The van der Waals surface area contributed by atoms with E-state index in [1.807, 2.05) is 11.8 Å². The van der Waals surface area contributed by atoms with Crippen LogP contribution in [0.1, 0.15) is 44.8 Å². The summed E-state index contributed by atoms with van der Waals surface area (Å²) in [7, 11) is 0. The molecule has 1 aromatic heterocycles. The van der Waals surface area contributed by atoms with Gasteiger partial charge in [-0.15, -0.1) is 0 Å². The highest BCUT2D eigenvalue weighted by Gasteiger charge is 2.26. The summed E-state index contributed by atoms with van der Waals surface area (Å²) in [5.74, 6) is 3.20. The van der Waals surface area contributed by atoms with Crippen molar-refractivity contribution in [1.82, 2.24) is 20.1 Å². The van der Waals surface area contributed by atoms with Gasteiger partial charge in [0.1, 0.15) is 5.82 Å². The Balaban J connectivity index is 1.75. The number of carbonyl (C=O) groups is 1. The van der Waals surface area contributed by atoms with Gasteiger partial charge in [0.25, 0.3) is 0 Å². The molecule has 1 saturated heterocycles. The van der Waals surface area contributed by atoms with Crippen LogP contribution in [0.5, 0.6) is 0 Å². The van der Waals surface area contributed by atoms with Gasteiger partial charge in [-0.2, -0.15) is 5.10 Å². The van der Waals surface area contributed by atoms with Gasteiger partial charge in [-0.25, -0.2) is 4.98 Å². The van der Waals surface area contributed by atoms with Crippen LogP contribution in [0.2, 0.25) is 0 Å². The molecule has 0 radical (unpaired) electrons. The van der Waals surface area contributed by atoms with Crippen molar-refractivity contribution >= 4 is 5.91 Å². The van der Waals surface area contributed by atoms with Crippen LogP contribution in [-0.2, 0) is 11.2 Å². The average Bonchev–Trinajstić information content (AvgIpc) is 2.95. The lowest BCUT2D eigenvalue weighted by Gasteiger charge is -2.17. The number of aryl methyl sites for hydroxylation is 2. The molecule has 1 aliphatic heterocycles. The number of hydrogen-bond acceptors (Lipinski definition) is 3. The van der Waals surface area contributed by atoms with E-state index in [0.29, 0.717) is 18.8 Å². The second-order valence-corrected chi connectivity index (χ2v) is 5.96. The Labute approximate surface area is 114 Å². The molecular formula is C14H24N4O. The van der Waals surface area contributed by atoms with E-state index < -0.39 is 0 Å². The molecule has 106 valence electrons. The van der Waals surface area contributed by atoms with Crippen molar-refractivity contribution in [1.29, 1.82) is 0 Å². The monoisotopic (exact) mass is 264 g/mol. The highest BCUT2D eigenvalue weighted by molar-refractivity contribution is 5.76. The lowest BCUT2D eigenvalue weighted by molar-refractivity contribution is -0.130. The van der Waals surface area contributed by atoms with Crippen LogP contribution in [0.3, 0.4) is 0 Å². The number of aromatic nitrogens is 3. The third-order valence-corrected chi connectivity index (χ3v) is 3.65. The first kappa shape index (κ1) is 14.0. The maximum atomic E-state index is 12.1. The normalized spacial score (nSPS) is 19.4. The number of nitrogens with one attached hydrogen (secondary N) is 1. The quantitative estimate of drug-likeness (QED) is 0.884. The lowest BCUT2D eigenvalue weighted by atomic mass is 9.97. The van der Waals surface area contributed by atoms with Crippen molar-refractivity contribution in [3.05, 3.63) is 11.6 Å². The first-order chi connectivity index (χ1) is 9.04. The van der Waals surface area contributed by atoms with Crippen LogP contribution in [0.4, 0.5) is 0 Å². The van der Waals surface area contributed by atoms with Gasteiger partial charge in [0, 0.05) is 25.9 Å². The molecule has 5 nitrogen and oxygen atoms in total. The van der Waals surface area contributed by atoms with Crippen LogP contribution in [0, 0.1) is 18.8 Å². The van der Waals surface area contributed by atoms with Gasteiger partial charge in [-0.1, -0.05) is 13.8 Å². The number of aromatic amines is 1. The summed E-state index contributed by atoms with van der Waals surface area (Å²) in [4.78, 5) is 18.3. The van der Waals surface area contributed by atoms with Gasteiger partial charge in [0.05, 0.1) is 0 Å². The smallest absolute Gasteiger partial charge is 0.223 e. The van der Waals surface area contributed by atoms with Crippen molar-refractivity contribution in [3.63, 3.8) is 0 Å². The average molecular weight is 264 g/mol. The standard InChI is InChI=1S/C14H24N4O/c1-10(2)8-12-6-7-18(9-12)14(19)5-4-13-15-11(3)16-17-13/h10,12H,4-9H2,1-3H3,(H,15,16,17)/t12-/m1/s1. The second kappa shape index (κ2) is 6.17. The molecule has 0 saturated carbocycles. The minimum absolute atomic E-state index is 0.244. The Kier molecular flexibility index (Phi) is 4.56. The first-order valence-electron chi connectivity index (χ1n) is 7.20. The molecule has 2 heterocycles. The van der Waals surface area contributed by atoms with Crippen LogP contribution >= 0.6 is 0 Å². The zero-order valence-electron chi connectivity index (χ0n) is 12.1. The van der Waals surface area contributed by atoms with Gasteiger partial charge in [-0.05, 0) is 31.6 Å². The summed E-state index contributed by atoms with van der Waals surface area (Å²) in [6.07, 6.45) is 3.54. The molecular weight excluding hydrogens is 240 g/mol. The zero-order chi connectivity index (χ0) is 13.8. The maximum absolute atomic E-state index is 12.1. The number of rotatable bonds is 5. The molecule has 1 N–H and O–H groups in total. The number of carbonyl (C=O) groups excluding carboxylic acids is 1. The third kappa shape index (κ3) is 4.04. The topological polar surface area (TPSA) is 61.9 Å². The minimum Gasteiger partial charge on any atom is -0.342 e. The van der Waals surface area contributed by atoms with Gasteiger partial charge < -0.3 is 4.90 Å². The number of nitrogens with zero attached hydrogens (tertiary/aromatic N) is 3. The van der Waals surface area contributed by atoms with Crippen LogP contribution in [-0.4, -0.2) is 39.1 Å². The fourth-order valence-electron chi connectivity index (χ4n) is 2.80. The molecule has 0 unspecified atom stereocenters. The van der Waals surface area contributed by atoms with E-state index in [9.17, 15) is 4.79 Å². The van der Waals surface area contributed by atoms with Crippen molar-refractivity contribution in [3.8, 4) is 0 Å². The number of H-pyrrole nitrogens is 1. The van der Waals surface area contributed by atoms with Gasteiger partial charge in [0.15, 0.2) is 5.82 Å². The number of hydrogen-bond donors (Lipinski definition) is 1. The number of amides is 1. The molecule has 0 bridgehead atoms. The fraction of sp³-hybridized carbons (Fsp3) is 0.786. The molecule has 19 heavy (non-hydrogen) atoms. The lowest BCUT2D eigenvalue weighted by Crippen LogP contribution is -2.29. The SMILES string of the molecule is Cc1nc(CCC(=O)N2CC[C@H](CC(C)C)C2)n[nH]1. The number of likely N-dealkylation sites (tertiary alicyclic amines) is 1. The van der Waals surface area contributed by atoms with E-state index in [2.05, 4.69) is 29.0 Å². The summed E-state index contributed by atoms with van der Waals surface area (Å²) in [6, 6.07) is 0. The summed E-state index contributed by atoms with van der Waals surface area (Å²) < 4.78 is 0. The molecule has 1 amide bonds. The highest BCUT2D eigenvalue weighted by atomic mass is 16.2. The molecule has 1 atom stereocenters. The molecule has 5 heteroatoms. The zero-order valence-corrected chi connectivity index (χ0v) is 12.1. The van der Waals surface area contributed by atoms with Crippen molar-refractivity contribution < 1.29 is 4.79 Å². The Bertz CT molecular complexity index is 427. The predicted octanol–water partition coefficient (Wildman–Crippen LogP) is 1.94. The van der Waals surface area contributed by atoms with Crippen molar-refractivity contribution in [2.45, 2.75) is 46.5 Å². The second-order valence-electron chi connectivity index (χ2n) is 5.96. The summed E-state index contributed by atoms with van der Waals surface area (Å²) in [5.41, 5.74) is 0. The van der Waals surface area contributed by atoms with Crippen LogP contribution in [0.15, 0.2) is 0 Å². The summed E-state index contributed by atoms with van der Waals surface area (Å²) in [6.45, 7) is 8.22. The fourth-order valence-corrected chi connectivity index (χ4v) is 2.80. The Morgan fingerprint density at radius 1 is 1.53 bits per heavy atom. The molecule has 0 aromatic carbocycles. The van der Waals surface area contributed by atoms with E-state index in [1.54, 1.807) is 0 Å². The molecule has 1 aliphatic rings. The summed E-state index contributed by atoms with van der Waals surface area (Å²) >= 11 is 0. The Morgan fingerprint density at radius 3 is 2.95 bits per heavy atom. The molecule has 2 rings (SSSR count). The van der Waals surface area contributed by atoms with E-state index in [4.69, 9.17) is 0 Å². The first-order valence-corrected chi connectivity index (χ1v) is 7.20. The highest BCUT2D eigenvalue weighted by Crippen LogP contribution is 2.23. The maximum Gasteiger partial charge on any atom is 0.223 e. The van der Waals surface area contributed by atoms with Crippen molar-refractivity contribution in [2.24, 2.45) is 11.8 Å². The van der Waals surface area contributed by atoms with E-state index in [-0.39, 0.29) is 5.91 Å². The van der Waals surface area contributed by atoms with Gasteiger partial charge >= 0.3 is 0 Å². The molecule has 1 fully saturated rings. The minimum atomic E-state index is 0.244. The van der Waals surface area contributed by atoms with Crippen LogP contribution < -0.4 is 0 Å². The largest absolute Gasteiger partial charge is 0.342 e. The predicted molar refractivity (Wildman–Crippen MR) is 73.6 cm³/mol. The summed E-state index contributed by atoms with van der Waals surface area (Å²) in [5, 5.41) is 6.87. The van der Waals surface area contributed by atoms with E-state index in [0.717, 1.165) is 37.1 Å². The van der Waals surface area contributed by atoms with Crippen LogP contribution in [0.25, 0.3) is 0 Å².